The number of carbonyl (C=O) groups excluding carboxylic acids is 2. The molecule has 2 aliphatic rings. The van der Waals surface area contributed by atoms with Crippen molar-refractivity contribution in [2.24, 2.45) is 0 Å². The minimum atomic E-state index is -3.90. The summed E-state index contributed by atoms with van der Waals surface area (Å²) in [7, 11) is -3.90. The van der Waals surface area contributed by atoms with Crippen LogP contribution in [-0.4, -0.2) is 37.6 Å². The van der Waals surface area contributed by atoms with Gasteiger partial charge in [-0.1, -0.05) is 54.6 Å². The summed E-state index contributed by atoms with van der Waals surface area (Å²) in [5.74, 6) is -0.180. The number of hydrogen-bond donors (Lipinski definition) is 0. The van der Waals surface area contributed by atoms with E-state index in [4.69, 9.17) is 0 Å². The van der Waals surface area contributed by atoms with Crippen molar-refractivity contribution >= 4 is 33.2 Å². The van der Waals surface area contributed by atoms with Crippen molar-refractivity contribution in [1.29, 1.82) is 0 Å². The maximum absolute atomic E-state index is 13.6. The van der Waals surface area contributed by atoms with E-state index in [1.54, 1.807) is 34.1 Å². The molecule has 7 nitrogen and oxygen atoms in total. The van der Waals surface area contributed by atoms with E-state index in [-0.39, 0.29) is 29.8 Å². The largest absolute Gasteiger partial charge is 0.312 e. The number of para-hydroxylation sites is 1. The molecule has 0 atom stereocenters. The van der Waals surface area contributed by atoms with Gasteiger partial charge in [-0.05, 0) is 41.8 Å². The molecule has 8 heteroatoms. The predicted molar refractivity (Wildman–Crippen MR) is 130 cm³/mol. The molecule has 0 aromatic heterocycles. The highest BCUT2D eigenvalue weighted by Gasteiger charge is 2.36. The van der Waals surface area contributed by atoms with Crippen molar-refractivity contribution in [1.82, 2.24) is 4.31 Å². The molecule has 2 heterocycles. The van der Waals surface area contributed by atoms with Crippen LogP contribution in [0.4, 0.5) is 11.4 Å². The monoisotopic (exact) mass is 475 g/mol. The number of benzene rings is 3. The molecule has 0 unspecified atom stereocenters. The molecule has 0 N–H and O–H groups in total. The Balaban J connectivity index is 1.44. The van der Waals surface area contributed by atoms with Gasteiger partial charge in [-0.25, -0.2) is 8.42 Å². The molecule has 34 heavy (non-hydrogen) atoms. The molecule has 0 spiro atoms. The number of anilines is 2. The fourth-order valence-corrected chi connectivity index (χ4v) is 6.05. The molecule has 3 aromatic carbocycles. The molecular formula is C26H25N3O4S. The zero-order valence-corrected chi connectivity index (χ0v) is 19.4. The molecular weight excluding hydrogens is 450 g/mol. The SMILES string of the molecule is O=C1CCCN1c1ccc(CN2CC(=O)N(Cc3ccccc3)c3ccccc3S2(=O)=O)cc1. The van der Waals surface area contributed by atoms with Crippen LogP contribution < -0.4 is 9.80 Å². The van der Waals surface area contributed by atoms with Crippen molar-refractivity contribution in [3.8, 4) is 0 Å². The van der Waals surface area contributed by atoms with Gasteiger partial charge in [0.15, 0.2) is 0 Å². The van der Waals surface area contributed by atoms with Gasteiger partial charge in [-0.15, -0.1) is 0 Å². The minimum absolute atomic E-state index is 0.0653. The third-order valence-electron chi connectivity index (χ3n) is 6.25. The first-order valence-corrected chi connectivity index (χ1v) is 12.7. The second-order valence-corrected chi connectivity index (χ2v) is 10.4. The van der Waals surface area contributed by atoms with Crippen LogP contribution in [0.5, 0.6) is 0 Å². The van der Waals surface area contributed by atoms with Gasteiger partial charge >= 0.3 is 0 Å². The topological polar surface area (TPSA) is 78.0 Å². The van der Waals surface area contributed by atoms with E-state index < -0.39 is 10.0 Å². The third kappa shape index (κ3) is 4.22. The highest BCUT2D eigenvalue weighted by atomic mass is 32.2. The van der Waals surface area contributed by atoms with Gasteiger partial charge in [0.25, 0.3) is 0 Å². The lowest BCUT2D eigenvalue weighted by Gasteiger charge is -2.22. The van der Waals surface area contributed by atoms with Crippen LogP contribution in [0.25, 0.3) is 0 Å². The molecule has 0 aliphatic carbocycles. The van der Waals surface area contributed by atoms with Gasteiger partial charge in [-0.2, -0.15) is 4.31 Å². The van der Waals surface area contributed by atoms with Crippen LogP contribution in [-0.2, 0) is 32.7 Å². The average molecular weight is 476 g/mol. The van der Waals surface area contributed by atoms with Crippen LogP contribution in [0.2, 0.25) is 0 Å². The number of rotatable bonds is 5. The molecule has 0 saturated carbocycles. The Morgan fingerprint density at radius 1 is 0.735 bits per heavy atom. The molecule has 5 rings (SSSR count). The van der Waals surface area contributed by atoms with E-state index in [1.807, 2.05) is 54.6 Å². The molecule has 1 fully saturated rings. The number of amides is 2. The molecule has 2 aliphatic heterocycles. The lowest BCUT2D eigenvalue weighted by Crippen LogP contribution is -2.38. The Morgan fingerprint density at radius 2 is 1.41 bits per heavy atom. The Bertz CT molecular complexity index is 1320. The summed E-state index contributed by atoms with van der Waals surface area (Å²) in [4.78, 5) is 28.7. The zero-order valence-electron chi connectivity index (χ0n) is 18.6. The third-order valence-corrected chi connectivity index (χ3v) is 8.09. The second-order valence-electron chi connectivity index (χ2n) is 8.52. The summed E-state index contributed by atoms with van der Waals surface area (Å²) in [6.07, 6.45) is 1.39. The van der Waals surface area contributed by atoms with Crippen molar-refractivity contribution in [2.45, 2.75) is 30.8 Å². The van der Waals surface area contributed by atoms with Crippen LogP contribution in [0.3, 0.4) is 0 Å². The quantitative estimate of drug-likeness (QED) is 0.565. The summed E-state index contributed by atoms with van der Waals surface area (Å²) in [5, 5.41) is 0. The Labute approximate surface area is 199 Å². The first-order valence-electron chi connectivity index (χ1n) is 11.3. The highest BCUT2D eigenvalue weighted by Crippen LogP contribution is 2.33. The second kappa shape index (κ2) is 9.04. The summed E-state index contributed by atoms with van der Waals surface area (Å²) in [6, 6.07) is 23.5. The van der Waals surface area contributed by atoms with Gasteiger partial charge in [0, 0.05) is 25.2 Å². The molecule has 0 radical (unpaired) electrons. The van der Waals surface area contributed by atoms with Crippen LogP contribution >= 0.6 is 0 Å². The van der Waals surface area contributed by atoms with Gasteiger partial charge in [0.1, 0.15) is 4.90 Å². The first-order chi connectivity index (χ1) is 16.4. The van der Waals surface area contributed by atoms with Gasteiger partial charge in [0.2, 0.25) is 21.8 Å². The van der Waals surface area contributed by atoms with Gasteiger partial charge in [-0.3, -0.25) is 9.59 Å². The van der Waals surface area contributed by atoms with E-state index in [2.05, 4.69) is 0 Å². The number of hydrogen-bond acceptors (Lipinski definition) is 4. The number of nitrogens with zero attached hydrogens (tertiary/aromatic N) is 3. The predicted octanol–water partition coefficient (Wildman–Crippen LogP) is 3.55. The van der Waals surface area contributed by atoms with E-state index >= 15 is 0 Å². The minimum Gasteiger partial charge on any atom is -0.312 e. The number of carbonyl (C=O) groups is 2. The molecule has 2 amide bonds. The fourth-order valence-electron chi connectivity index (χ4n) is 4.48. The molecule has 174 valence electrons. The molecule has 0 bridgehead atoms. The Hall–Kier alpha value is -3.49. The van der Waals surface area contributed by atoms with Crippen molar-refractivity contribution in [3.05, 3.63) is 90.0 Å². The van der Waals surface area contributed by atoms with Gasteiger partial charge < -0.3 is 9.80 Å². The number of sulfonamides is 1. The van der Waals surface area contributed by atoms with Crippen molar-refractivity contribution in [3.63, 3.8) is 0 Å². The van der Waals surface area contributed by atoms with E-state index in [0.717, 1.165) is 23.2 Å². The number of fused-ring (bicyclic) bond motifs is 1. The average Bonchev–Trinajstić information content (AvgIpc) is 3.26. The normalized spacial score (nSPS) is 18.1. The fraction of sp³-hybridized carbons (Fsp3) is 0.231. The molecule has 1 saturated heterocycles. The van der Waals surface area contributed by atoms with Crippen molar-refractivity contribution in [2.75, 3.05) is 22.9 Å². The Morgan fingerprint density at radius 3 is 2.12 bits per heavy atom. The van der Waals surface area contributed by atoms with Crippen molar-refractivity contribution < 1.29 is 18.0 Å². The summed E-state index contributed by atoms with van der Waals surface area (Å²) in [5.41, 5.74) is 2.87. The first kappa shape index (κ1) is 22.3. The summed E-state index contributed by atoms with van der Waals surface area (Å²) < 4.78 is 28.4. The van der Waals surface area contributed by atoms with E-state index in [1.165, 1.54) is 4.31 Å². The van der Waals surface area contributed by atoms with Gasteiger partial charge in [0.05, 0.1) is 18.8 Å². The van der Waals surface area contributed by atoms with E-state index in [0.29, 0.717) is 25.2 Å². The maximum atomic E-state index is 13.6. The standard InChI is InChI=1S/C26H25N3O4S/c30-25-11-6-16-28(25)22-14-12-21(13-15-22)17-27-19-26(31)29(18-20-7-2-1-3-8-20)23-9-4-5-10-24(23)34(27,32)33/h1-5,7-10,12-15H,6,11,16-19H2. The van der Waals surface area contributed by atoms with Crippen LogP contribution in [0, 0.1) is 0 Å². The lowest BCUT2D eigenvalue weighted by molar-refractivity contribution is -0.119. The van der Waals surface area contributed by atoms with E-state index in [9.17, 15) is 18.0 Å². The zero-order chi connectivity index (χ0) is 23.7. The van der Waals surface area contributed by atoms with Crippen LogP contribution in [0.15, 0.2) is 83.8 Å². The highest BCUT2D eigenvalue weighted by molar-refractivity contribution is 7.89. The smallest absolute Gasteiger partial charge is 0.245 e. The summed E-state index contributed by atoms with van der Waals surface area (Å²) >= 11 is 0. The van der Waals surface area contributed by atoms with Crippen LogP contribution in [0.1, 0.15) is 24.0 Å². The lowest BCUT2D eigenvalue weighted by atomic mass is 10.2. The maximum Gasteiger partial charge on any atom is 0.245 e. The molecule has 3 aromatic rings. The summed E-state index contributed by atoms with van der Waals surface area (Å²) in [6.45, 7) is 0.797. The Kier molecular flexibility index (Phi) is 5.93.